The van der Waals surface area contributed by atoms with Gasteiger partial charge in [0.25, 0.3) is 5.56 Å². The number of ether oxygens (including phenoxy) is 2. The smallest absolute Gasteiger partial charge is 0.277 e. The number of nitrogens with two attached hydrogens (primary N) is 1. The molecule has 1 aromatic heterocycles. The van der Waals surface area contributed by atoms with Crippen molar-refractivity contribution in [2.75, 3.05) is 58.1 Å². The summed E-state index contributed by atoms with van der Waals surface area (Å²) in [5, 5.41) is 0.716. The molecular weight excluding hydrogens is 415 g/mol. The van der Waals surface area contributed by atoms with Crippen molar-refractivity contribution in [1.29, 1.82) is 0 Å². The van der Waals surface area contributed by atoms with E-state index in [0.717, 1.165) is 18.7 Å². The number of hydrogen-bond acceptors (Lipinski definition) is 6. The topological polar surface area (TPSA) is 104 Å². The number of likely N-dealkylation sites (N-methyl/N-ethyl adjacent to an activating group) is 1. The van der Waals surface area contributed by atoms with Crippen molar-refractivity contribution in [2.45, 2.75) is 6.54 Å². The van der Waals surface area contributed by atoms with Gasteiger partial charge in [0.2, 0.25) is 0 Å². The maximum absolute atomic E-state index is 13.7. The molecular formula is C23H29FN4O4. The predicted molar refractivity (Wildman–Crippen MR) is 125 cm³/mol. The molecule has 0 bridgehead atoms. The number of pyridine rings is 1. The Morgan fingerprint density at radius 2 is 1.59 bits per heavy atom. The fourth-order valence-corrected chi connectivity index (χ4v) is 4.05. The lowest BCUT2D eigenvalue weighted by atomic mass is 10.1. The Kier molecular flexibility index (Phi) is 6.90. The van der Waals surface area contributed by atoms with Crippen molar-refractivity contribution in [3.63, 3.8) is 0 Å². The van der Waals surface area contributed by atoms with Crippen LogP contribution in [0.1, 0.15) is 5.56 Å². The maximum atomic E-state index is 13.7. The molecule has 2 heterocycles. The molecule has 1 aliphatic heterocycles. The van der Waals surface area contributed by atoms with Crippen molar-refractivity contribution < 1.29 is 19.3 Å². The first kappa shape index (κ1) is 23.4. The summed E-state index contributed by atoms with van der Waals surface area (Å²) >= 11 is 0. The number of halogens is 1. The summed E-state index contributed by atoms with van der Waals surface area (Å²) < 4.78 is 26.0. The third-order valence-corrected chi connectivity index (χ3v) is 5.86. The van der Waals surface area contributed by atoms with Crippen LogP contribution < -0.4 is 25.7 Å². The highest BCUT2D eigenvalue weighted by Crippen LogP contribution is 2.37. The van der Waals surface area contributed by atoms with E-state index in [2.05, 4.69) is 16.8 Å². The van der Waals surface area contributed by atoms with Crippen molar-refractivity contribution >= 4 is 22.3 Å². The SMILES string of the molecule is COc1cc2c(N)c(N3CCN(C)CC3)c(=O)n(Cc3ccc(F)cc3)c2cc1OC.O. The molecule has 4 N–H and O–H groups in total. The van der Waals surface area contributed by atoms with E-state index in [0.29, 0.717) is 46.9 Å². The van der Waals surface area contributed by atoms with Crippen LogP contribution in [-0.4, -0.2) is 62.4 Å². The summed E-state index contributed by atoms with van der Waals surface area (Å²) in [6.45, 7) is 3.41. The fraction of sp³-hybridized carbons (Fsp3) is 0.348. The average molecular weight is 445 g/mol. The number of fused-ring (bicyclic) bond motifs is 1. The molecule has 0 saturated carbocycles. The van der Waals surface area contributed by atoms with Gasteiger partial charge < -0.3 is 35.1 Å². The number of nitrogens with zero attached hydrogens (tertiary/aromatic N) is 3. The van der Waals surface area contributed by atoms with Crippen LogP contribution in [0.2, 0.25) is 0 Å². The van der Waals surface area contributed by atoms with E-state index in [4.69, 9.17) is 15.2 Å². The van der Waals surface area contributed by atoms with Gasteiger partial charge in [-0.2, -0.15) is 0 Å². The summed E-state index contributed by atoms with van der Waals surface area (Å²) in [6.07, 6.45) is 0. The lowest BCUT2D eigenvalue weighted by Gasteiger charge is -2.34. The molecule has 1 saturated heterocycles. The van der Waals surface area contributed by atoms with Crippen LogP contribution in [0.3, 0.4) is 0 Å². The number of rotatable bonds is 5. The number of piperazine rings is 1. The number of hydrogen-bond donors (Lipinski definition) is 1. The van der Waals surface area contributed by atoms with Crippen LogP contribution in [0.4, 0.5) is 15.8 Å². The standard InChI is InChI=1S/C23H27FN4O3.H2O/c1-26-8-10-27(11-9-26)22-21(25)17-12-19(30-2)20(31-3)13-18(17)28(23(22)29)14-15-4-6-16(24)7-5-15;/h4-7,12-13H,8-11,14,25H2,1-3H3;1H2. The second-order valence-corrected chi connectivity index (χ2v) is 7.79. The van der Waals surface area contributed by atoms with Gasteiger partial charge in [-0.15, -0.1) is 0 Å². The van der Waals surface area contributed by atoms with E-state index >= 15 is 0 Å². The Morgan fingerprint density at radius 1 is 1.00 bits per heavy atom. The molecule has 2 aromatic carbocycles. The van der Waals surface area contributed by atoms with Crippen molar-refractivity contribution in [2.24, 2.45) is 0 Å². The summed E-state index contributed by atoms with van der Waals surface area (Å²) in [5.74, 6) is 0.731. The zero-order valence-electron chi connectivity index (χ0n) is 18.5. The number of benzene rings is 2. The lowest BCUT2D eigenvalue weighted by Crippen LogP contribution is -2.47. The molecule has 3 aromatic rings. The summed E-state index contributed by atoms with van der Waals surface area (Å²) in [7, 11) is 5.18. The third kappa shape index (κ3) is 4.21. The zero-order valence-corrected chi connectivity index (χ0v) is 18.5. The van der Waals surface area contributed by atoms with E-state index in [-0.39, 0.29) is 23.4 Å². The van der Waals surface area contributed by atoms with E-state index in [1.165, 1.54) is 12.1 Å². The van der Waals surface area contributed by atoms with Gasteiger partial charge >= 0.3 is 0 Å². The van der Waals surface area contributed by atoms with Gasteiger partial charge in [-0.1, -0.05) is 12.1 Å². The fourth-order valence-electron chi connectivity index (χ4n) is 4.05. The highest BCUT2D eigenvalue weighted by atomic mass is 19.1. The molecule has 1 fully saturated rings. The molecule has 8 nitrogen and oxygen atoms in total. The summed E-state index contributed by atoms with van der Waals surface area (Å²) in [5.41, 5.74) is 8.77. The Balaban J connectivity index is 0.00000289. The van der Waals surface area contributed by atoms with Gasteiger partial charge in [0.1, 0.15) is 11.5 Å². The average Bonchev–Trinajstić information content (AvgIpc) is 2.78. The highest BCUT2D eigenvalue weighted by Gasteiger charge is 2.24. The normalized spacial score (nSPS) is 14.3. The quantitative estimate of drug-likeness (QED) is 0.643. The van der Waals surface area contributed by atoms with Crippen LogP contribution in [0.5, 0.6) is 11.5 Å². The Hall–Kier alpha value is -3.30. The molecule has 0 radical (unpaired) electrons. The van der Waals surface area contributed by atoms with Gasteiger partial charge in [-0.3, -0.25) is 4.79 Å². The second-order valence-electron chi connectivity index (χ2n) is 7.79. The molecule has 0 spiro atoms. The number of anilines is 2. The maximum Gasteiger partial charge on any atom is 0.277 e. The monoisotopic (exact) mass is 444 g/mol. The molecule has 0 amide bonds. The molecule has 9 heteroatoms. The number of nitrogen functional groups attached to an aromatic ring is 1. The van der Waals surface area contributed by atoms with Crippen LogP contribution in [0.25, 0.3) is 10.9 Å². The highest BCUT2D eigenvalue weighted by molar-refractivity contribution is 5.98. The first-order valence-corrected chi connectivity index (χ1v) is 10.2. The molecule has 1 aliphatic rings. The predicted octanol–water partition coefficient (Wildman–Crippen LogP) is 1.72. The molecule has 0 aliphatic carbocycles. The van der Waals surface area contributed by atoms with Crippen molar-refractivity contribution in [1.82, 2.24) is 9.47 Å². The van der Waals surface area contributed by atoms with E-state index in [9.17, 15) is 9.18 Å². The minimum absolute atomic E-state index is 0. The minimum atomic E-state index is -0.317. The van der Waals surface area contributed by atoms with Crippen LogP contribution >= 0.6 is 0 Å². The van der Waals surface area contributed by atoms with Crippen LogP contribution in [-0.2, 0) is 6.54 Å². The molecule has 0 unspecified atom stereocenters. The molecule has 4 rings (SSSR count). The third-order valence-electron chi connectivity index (χ3n) is 5.86. The Morgan fingerprint density at radius 3 is 2.19 bits per heavy atom. The Bertz CT molecular complexity index is 1160. The van der Waals surface area contributed by atoms with Gasteiger partial charge in [0.15, 0.2) is 11.5 Å². The van der Waals surface area contributed by atoms with Crippen LogP contribution in [0, 0.1) is 5.82 Å². The first-order chi connectivity index (χ1) is 14.9. The zero-order chi connectivity index (χ0) is 22.1. The lowest BCUT2D eigenvalue weighted by molar-refractivity contribution is 0.312. The molecule has 0 atom stereocenters. The second kappa shape index (κ2) is 9.46. The first-order valence-electron chi connectivity index (χ1n) is 10.2. The van der Waals surface area contributed by atoms with Crippen molar-refractivity contribution in [3.05, 3.63) is 58.1 Å². The van der Waals surface area contributed by atoms with Crippen molar-refractivity contribution in [3.8, 4) is 11.5 Å². The van der Waals surface area contributed by atoms with Gasteiger partial charge in [-0.05, 0) is 30.8 Å². The van der Waals surface area contributed by atoms with E-state index < -0.39 is 0 Å². The largest absolute Gasteiger partial charge is 0.493 e. The van der Waals surface area contributed by atoms with Gasteiger partial charge in [0.05, 0.1) is 32.0 Å². The summed E-state index contributed by atoms with van der Waals surface area (Å²) in [4.78, 5) is 18.0. The number of aromatic nitrogens is 1. The number of methoxy groups -OCH3 is 2. The van der Waals surface area contributed by atoms with Gasteiger partial charge in [-0.25, -0.2) is 4.39 Å². The Labute approximate surface area is 185 Å². The molecule has 32 heavy (non-hydrogen) atoms. The van der Waals surface area contributed by atoms with Crippen LogP contribution in [0.15, 0.2) is 41.2 Å². The van der Waals surface area contributed by atoms with E-state index in [1.54, 1.807) is 37.0 Å². The summed E-state index contributed by atoms with van der Waals surface area (Å²) in [6, 6.07) is 9.73. The molecule has 172 valence electrons. The van der Waals surface area contributed by atoms with Gasteiger partial charge in [0, 0.05) is 37.6 Å². The minimum Gasteiger partial charge on any atom is -0.493 e. The van der Waals surface area contributed by atoms with E-state index in [1.807, 2.05) is 6.07 Å².